The second-order valence-electron chi connectivity index (χ2n) is 4.75. The van der Waals surface area contributed by atoms with Gasteiger partial charge < -0.3 is 5.73 Å². The monoisotopic (exact) mass is 259 g/mol. The number of rotatable bonds is 3. The molecule has 7 nitrogen and oxygen atoms in total. The van der Waals surface area contributed by atoms with E-state index in [0.29, 0.717) is 17.4 Å². The Balaban J connectivity index is 2.25. The number of aromatic nitrogens is 3. The molecule has 19 heavy (non-hydrogen) atoms. The zero-order valence-corrected chi connectivity index (χ0v) is 10.4. The van der Waals surface area contributed by atoms with Gasteiger partial charge in [0, 0.05) is 12.0 Å². The number of nitro benzene ring substituents is 1. The van der Waals surface area contributed by atoms with Crippen LogP contribution in [-0.4, -0.2) is 19.9 Å². The minimum Gasteiger partial charge on any atom is -0.381 e. The molecule has 3 rings (SSSR count). The number of aryl methyl sites for hydroxylation is 1. The SMILES string of the molecule is Cc1cccc([N+](=O)[O-])c1-n1nnc(N)c1C1CC1. The smallest absolute Gasteiger partial charge is 0.295 e. The van der Waals surface area contributed by atoms with Gasteiger partial charge in [0.15, 0.2) is 5.82 Å². The van der Waals surface area contributed by atoms with Crippen LogP contribution in [0.1, 0.15) is 30.0 Å². The number of nitrogens with zero attached hydrogens (tertiary/aromatic N) is 4. The quantitative estimate of drug-likeness (QED) is 0.670. The van der Waals surface area contributed by atoms with Gasteiger partial charge >= 0.3 is 0 Å². The summed E-state index contributed by atoms with van der Waals surface area (Å²) >= 11 is 0. The molecule has 1 heterocycles. The van der Waals surface area contributed by atoms with Crippen LogP contribution in [0.4, 0.5) is 11.5 Å². The van der Waals surface area contributed by atoms with Gasteiger partial charge in [0.05, 0.1) is 10.6 Å². The molecule has 1 saturated carbocycles. The van der Waals surface area contributed by atoms with E-state index in [2.05, 4.69) is 10.3 Å². The molecular weight excluding hydrogens is 246 g/mol. The predicted molar refractivity (Wildman–Crippen MR) is 69.1 cm³/mol. The van der Waals surface area contributed by atoms with E-state index < -0.39 is 4.92 Å². The summed E-state index contributed by atoms with van der Waals surface area (Å²) in [6, 6.07) is 4.95. The summed E-state index contributed by atoms with van der Waals surface area (Å²) in [6.45, 7) is 1.82. The highest BCUT2D eigenvalue weighted by Crippen LogP contribution is 2.43. The fourth-order valence-corrected chi connectivity index (χ4v) is 2.27. The maximum absolute atomic E-state index is 11.2. The molecule has 2 N–H and O–H groups in total. The molecule has 1 aliphatic rings. The number of hydrogen-bond acceptors (Lipinski definition) is 5. The van der Waals surface area contributed by atoms with E-state index >= 15 is 0 Å². The van der Waals surface area contributed by atoms with Gasteiger partial charge in [0.25, 0.3) is 5.69 Å². The van der Waals surface area contributed by atoms with Crippen LogP contribution in [0, 0.1) is 17.0 Å². The normalized spacial score (nSPS) is 14.6. The Hall–Kier alpha value is -2.44. The first kappa shape index (κ1) is 11.6. The molecule has 1 aromatic carbocycles. The summed E-state index contributed by atoms with van der Waals surface area (Å²) < 4.78 is 1.53. The largest absolute Gasteiger partial charge is 0.381 e. The fourth-order valence-electron chi connectivity index (χ4n) is 2.27. The van der Waals surface area contributed by atoms with E-state index in [-0.39, 0.29) is 5.69 Å². The Morgan fingerprint density at radius 2 is 2.21 bits per heavy atom. The van der Waals surface area contributed by atoms with Gasteiger partial charge in [-0.25, -0.2) is 4.68 Å². The Labute approximate surface area is 109 Å². The van der Waals surface area contributed by atoms with Crippen LogP contribution >= 0.6 is 0 Å². The number of anilines is 1. The molecule has 98 valence electrons. The van der Waals surface area contributed by atoms with E-state index in [0.717, 1.165) is 24.1 Å². The van der Waals surface area contributed by atoms with Crippen LogP contribution in [0.5, 0.6) is 0 Å². The number of nitrogens with two attached hydrogens (primary N) is 1. The van der Waals surface area contributed by atoms with Crippen LogP contribution < -0.4 is 5.73 Å². The molecule has 2 aromatic rings. The van der Waals surface area contributed by atoms with E-state index in [1.807, 2.05) is 13.0 Å². The third kappa shape index (κ3) is 1.83. The van der Waals surface area contributed by atoms with Crippen molar-refractivity contribution in [2.24, 2.45) is 0 Å². The molecule has 0 spiro atoms. The first-order valence-electron chi connectivity index (χ1n) is 6.05. The minimum absolute atomic E-state index is 0.0202. The van der Waals surface area contributed by atoms with Gasteiger partial charge in [-0.15, -0.1) is 5.10 Å². The average molecular weight is 259 g/mol. The summed E-state index contributed by atoms with van der Waals surface area (Å²) in [7, 11) is 0. The van der Waals surface area contributed by atoms with Crippen LogP contribution in [0.25, 0.3) is 5.69 Å². The van der Waals surface area contributed by atoms with Crippen molar-refractivity contribution in [1.29, 1.82) is 0 Å². The lowest BCUT2D eigenvalue weighted by molar-refractivity contribution is -0.384. The predicted octanol–water partition coefficient (Wildman–Crippen LogP) is 1.94. The third-order valence-corrected chi connectivity index (χ3v) is 3.32. The van der Waals surface area contributed by atoms with Gasteiger partial charge in [0.2, 0.25) is 0 Å². The summed E-state index contributed by atoms with van der Waals surface area (Å²) in [5.74, 6) is 0.675. The molecular formula is C12H13N5O2. The van der Waals surface area contributed by atoms with Crippen LogP contribution in [-0.2, 0) is 0 Å². The van der Waals surface area contributed by atoms with E-state index in [9.17, 15) is 10.1 Å². The Morgan fingerprint density at radius 3 is 2.84 bits per heavy atom. The third-order valence-electron chi connectivity index (χ3n) is 3.32. The van der Waals surface area contributed by atoms with Crippen molar-refractivity contribution in [2.45, 2.75) is 25.7 Å². The molecule has 1 aromatic heterocycles. The first-order chi connectivity index (χ1) is 9.09. The van der Waals surface area contributed by atoms with Crippen molar-refractivity contribution in [3.63, 3.8) is 0 Å². The first-order valence-corrected chi connectivity index (χ1v) is 6.05. The lowest BCUT2D eigenvalue weighted by Gasteiger charge is -2.09. The molecule has 0 bridgehead atoms. The van der Waals surface area contributed by atoms with E-state index in [4.69, 9.17) is 5.73 Å². The second-order valence-corrected chi connectivity index (χ2v) is 4.75. The number of nitro groups is 1. The topological polar surface area (TPSA) is 99.9 Å². The van der Waals surface area contributed by atoms with E-state index in [1.54, 1.807) is 6.07 Å². The molecule has 1 aliphatic carbocycles. The molecule has 0 saturated heterocycles. The van der Waals surface area contributed by atoms with Crippen molar-refractivity contribution in [3.05, 3.63) is 39.6 Å². The lowest BCUT2D eigenvalue weighted by atomic mass is 10.1. The molecule has 7 heteroatoms. The molecule has 0 amide bonds. The average Bonchev–Trinajstić information content (AvgIpc) is 3.13. The minimum atomic E-state index is -0.406. The molecule has 1 fully saturated rings. The molecule has 0 aliphatic heterocycles. The van der Waals surface area contributed by atoms with Crippen molar-refractivity contribution in [2.75, 3.05) is 5.73 Å². The zero-order chi connectivity index (χ0) is 13.6. The Morgan fingerprint density at radius 1 is 1.47 bits per heavy atom. The lowest BCUT2D eigenvalue weighted by Crippen LogP contribution is -2.07. The number of para-hydroxylation sites is 1. The summed E-state index contributed by atoms with van der Waals surface area (Å²) in [6.07, 6.45) is 2.05. The Kier molecular flexibility index (Phi) is 2.48. The van der Waals surface area contributed by atoms with Crippen LogP contribution in [0.15, 0.2) is 18.2 Å². The van der Waals surface area contributed by atoms with Crippen LogP contribution in [0.2, 0.25) is 0 Å². The number of benzene rings is 1. The summed E-state index contributed by atoms with van der Waals surface area (Å²) in [4.78, 5) is 10.8. The maximum atomic E-state index is 11.2. The summed E-state index contributed by atoms with van der Waals surface area (Å²) in [5.41, 5.74) is 7.88. The van der Waals surface area contributed by atoms with E-state index in [1.165, 1.54) is 10.7 Å². The van der Waals surface area contributed by atoms with Crippen LogP contribution in [0.3, 0.4) is 0 Å². The fraction of sp³-hybridized carbons (Fsp3) is 0.333. The summed E-state index contributed by atoms with van der Waals surface area (Å²) in [5, 5.41) is 19.0. The van der Waals surface area contributed by atoms with Gasteiger partial charge in [-0.3, -0.25) is 10.1 Å². The van der Waals surface area contributed by atoms with Gasteiger partial charge in [-0.2, -0.15) is 0 Å². The number of nitrogen functional groups attached to an aromatic ring is 1. The van der Waals surface area contributed by atoms with Gasteiger partial charge in [-0.1, -0.05) is 17.3 Å². The molecule has 0 radical (unpaired) electrons. The van der Waals surface area contributed by atoms with Crippen molar-refractivity contribution in [1.82, 2.24) is 15.0 Å². The van der Waals surface area contributed by atoms with Crippen molar-refractivity contribution in [3.8, 4) is 5.69 Å². The van der Waals surface area contributed by atoms with Gasteiger partial charge in [0.1, 0.15) is 5.69 Å². The molecule has 0 atom stereocenters. The zero-order valence-electron chi connectivity index (χ0n) is 10.4. The highest BCUT2D eigenvalue weighted by atomic mass is 16.6. The number of hydrogen-bond donors (Lipinski definition) is 1. The highest BCUT2D eigenvalue weighted by Gasteiger charge is 2.33. The molecule has 0 unspecified atom stereocenters. The maximum Gasteiger partial charge on any atom is 0.295 e. The van der Waals surface area contributed by atoms with Crippen molar-refractivity contribution < 1.29 is 4.92 Å². The standard InChI is InChI=1S/C12H13N5O2/c1-7-3-2-4-9(17(18)19)10(7)16-11(8-5-6-8)12(13)14-15-16/h2-4,8H,5-6,13H2,1H3. The Bertz CT molecular complexity index is 660. The van der Waals surface area contributed by atoms with Gasteiger partial charge in [-0.05, 0) is 25.3 Å². The van der Waals surface area contributed by atoms with Crippen molar-refractivity contribution >= 4 is 11.5 Å². The highest BCUT2D eigenvalue weighted by molar-refractivity contribution is 5.59. The second kappa shape index (κ2) is 4.04.